The van der Waals surface area contributed by atoms with Crippen LogP contribution in [0, 0.1) is 0 Å². The lowest BCUT2D eigenvalue weighted by Crippen LogP contribution is -2.06. The van der Waals surface area contributed by atoms with Crippen molar-refractivity contribution in [1.29, 1.82) is 0 Å². The van der Waals surface area contributed by atoms with Gasteiger partial charge in [-0.05, 0) is 25.0 Å². The van der Waals surface area contributed by atoms with Crippen LogP contribution in [0.15, 0.2) is 24.3 Å². The van der Waals surface area contributed by atoms with Crippen molar-refractivity contribution in [2.75, 3.05) is 13.2 Å². The minimum absolute atomic E-state index is 0.381. The first-order chi connectivity index (χ1) is 9.59. The summed E-state index contributed by atoms with van der Waals surface area (Å²) >= 11 is 0. The van der Waals surface area contributed by atoms with Crippen LogP contribution < -0.4 is 9.99 Å². The van der Waals surface area contributed by atoms with E-state index in [2.05, 4.69) is 0 Å². The van der Waals surface area contributed by atoms with Gasteiger partial charge in [-0.15, -0.1) is 0 Å². The molecule has 0 unspecified atom stereocenters. The van der Waals surface area contributed by atoms with E-state index in [1.54, 1.807) is 12.1 Å². The lowest BCUT2D eigenvalue weighted by Gasteiger charge is -2.18. The molecule has 0 aromatic heterocycles. The molecule has 0 saturated carbocycles. The first-order valence-corrected chi connectivity index (χ1v) is 8.71. The SMILES string of the molecule is Bc1ccc(OP(=O)(OCCCC)OCCCC)cc1. The van der Waals surface area contributed by atoms with Gasteiger partial charge in [0.15, 0.2) is 0 Å². The van der Waals surface area contributed by atoms with Gasteiger partial charge in [-0.1, -0.05) is 44.3 Å². The first kappa shape index (κ1) is 17.3. The predicted octanol–water partition coefficient (Wildman–Crippen LogP) is 3.07. The van der Waals surface area contributed by atoms with Crippen LogP contribution in [0.3, 0.4) is 0 Å². The van der Waals surface area contributed by atoms with Crippen molar-refractivity contribution in [1.82, 2.24) is 0 Å². The third kappa shape index (κ3) is 6.60. The third-order valence-corrected chi connectivity index (χ3v) is 4.16. The Labute approximate surface area is 122 Å². The van der Waals surface area contributed by atoms with Crippen LogP contribution in [0.5, 0.6) is 5.75 Å². The Hall–Kier alpha value is -0.765. The molecule has 0 aliphatic carbocycles. The molecule has 1 aromatic carbocycles. The molecule has 0 N–H and O–H groups in total. The molecule has 112 valence electrons. The van der Waals surface area contributed by atoms with Gasteiger partial charge in [-0.25, -0.2) is 4.57 Å². The molecule has 0 saturated heterocycles. The zero-order valence-corrected chi connectivity index (χ0v) is 13.5. The molecule has 0 aliphatic rings. The summed E-state index contributed by atoms with van der Waals surface area (Å²) in [5, 5.41) is 0. The number of hydrogen-bond acceptors (Lipinski definition) is 4. The second-order valence-corrected chi connectivity index (χ2v) is 6.32. The van der Waals surface area contributed by atoms with E-state index >= 15 is 0 Å². The molecule has 0 bridgehead atoms. The van der Waals surface area contributed by atoms with E-state index < -0.39 is 7.82 Å². The van der Waals surface area contributed by atoms with Crippen LogP contribution in [0.4, 0.5) is 0 Å². The average molecular weight is 298 g/mol. The average Bonchev–Trinajstić information content (AvgIpc) is 2.42. The fourth-order valence-electron chi connectivity index (χ4n) is 1.46. The second-order valence-electron chi connectivity index (χ2n) is 4.73. The molecule has 20 heavy (non-hydrogen) atoms. The summed E-state index contributed by atoms with van der Waals surface area (Å²) < 4.78 is 28.7. The van der Waals surface area contributed by atoms with Crippen molar-refractivity contribution < 1.29 is 18.1 Å². The highest BCUT2D eigenvalue weighted by Gasteiger charge is 2.28. The van der Waals surface area contributed by atoms with Gasteiger partial charge in [0.2, 0.25) is 0 Å². The van der Waals surface area contributed by atoms with Gasteiger partial charge in [-0.3, -0.25) is 9.05 Å². The standard InChI is InChI=1S/C14H24BO4P/c1-3-5-11-17-20(16,18-12-6-4-2)19-14-9-7-13(15)8-10-14/h7-10H,3-6,11-12,15H2,1-2H3. The van der Waals surface area contributed by atoms with Crippen LogP contribution in [0.2, 0.25) is 0 Å². The predicted molar refractivity (Wildman–Crippen MR) is 84.6 cm³/mol. The van der Waals surface area contributed by atoms with E-state index in [1.807, 2.05) is 33.8 Å². The van der Waals surface area contributed by atoms with E-state index in [1.165, 1.54) is 0 Å². The second kappa shape index (κ2) is 9.22. The van der Waals surface area contributed by atoms with Crippen molar-refractivity contribution in [2.24, 2.45) is 0 Å². The molecule has 6 heteroatoms. The Morgan fingerprint density at radius 1 is 1.00 bits per heavy atom. The summed E-state index contributed by atoms with van der Waals surface area (Å²) in [7, 11) is -1.53. The van der Waals surface area contributed by atoms with Crippen LogP contribution in [0.1, 0.15) is 39.5 Å². The summed E-state index contributed by atoms with van der Waals surface area (Å²) in [5.74, 6) is 0.506. The maximum atomic E-state index is 12.6. The largest absolute Gasteiger partial charge is 0.530 e. The minimum atomic E-state index is -3.52. The van der Waals surface area contributed by atoms with Crippen LogP contribution >= 0.6 is 7.82 Å². The zero-order valence-electron chi connectivity index (χ0n) is 12.6. The maximum absolute atomic E-state index is 12.6. The van der Waals surface area contributed by atoms with Gasteiger partial charge in [0.25, 0.3) is 0 Å². The van der Waals surface area contributed by atoms with Crippen molar-refractivity contribution in [3.8, 4) is 5.75 Å². The van der Waals surface area contributed by atoms with E-state index in [4.69, 9.17) is 13.6 Å². The number of benzene rings is 1. The lowest BCUT2D eigenvalue weighted by atomic mass is 9.97. The number of hydrogen-bond donors (Lipinski definition) is 0. The summed E-state index contributed by atoms with van der Waals surface area (Å²) in [5.41, 5.74) is 1.12. The van der Waals surface area contributed by atoms with Crippen molar-refractivity contribution >= 4 is 21.1 Å². The number of rotatable bonds is 10. The van der Waals surface area contributed by atoms with Crippen molar-refractivity contribution in [2.45, 2.75) is 39.5 Å². The summed E-state index contributed by atoms with van der Waals surface area (Å²) in [6.45, 7) is 4.86. The smallest absolute Gasteiger partial charge is 0.404 e. The lowest BCUT2D eigenvalue weighted by molar-refractivity contribution is 0.152. The molecule has 1 rings (SSSR count). The maximum Gasteiger partial charge on any atom is 0.530 e. The van der Waals surface area contributed by atoms with Gasteiger partial charge in [0.1, 0.15) is 13.6 Å². The third-order valence-electron chi connectivity index (χ3n) is 2.73. The Morgan fingerprint density at radius 3 is 1.95 bits per heavy atom. The highest BCUT2D eigenvalue weighted by molar-refractivity contribution is 7.48. The van der Waals surface area contributed by atoms with E-state index in [0.717, 1.165) is 31.1 Å². The molecular formula is C14H24BO4P. The van der Waals surface area contributed by atoms with E-state index in [9.17, 15) is 4.57 Å². The van der Waals surface area contributed by atoms with Crippen LogP contribution in [0.25, 0.3) is 0 Å². The first-order valence-electron chi connectivity index (χ1n) is 7.25. The molecule has 0 spiro atoms. The number of unbranched alkanes of at least 4 members (excludes halogenated alkanes) is 2. The summed E-state index contributed by atoms with van der Waals surface area (Å²) in [4.78, 5) is 0. The Bertz CT molecular complexity index is 408. The van der Waals surface area contributed by atoms with E-state index in [-0.39, 0.29) is 0 Å². The molecular weight excluding hydrogens is 274 g/mol. The van der Waals surface area contributed by atoms with E-state index in [0.29, 0.717) is 19.0 Å². The number of phosphoric ester groups is 1. The van der Waals surface area contributed by atoms with Gasteiger partial charge in [0, 0.05) is 0 Å². The van der Waals surface area contributed by atoms with Gasteiger partial charge >= 0.3 is 7.82 Å². The molecule has 0 atom stereocenters. The number of phosphoric acid groups is 1. The quantitative estimate of drug-likeness (QED) is 0.378. The van der Waals surface area contributed by atoms with Gasteiger partial charge < -0.3 is 4.52 Å². The van der Waals surface area contributed by atoms with Gasteiger partial charge in [-0.2, -0.15) is 0 Å². The molecule has 0 amide bonds. The minimum Gasteiger partial charge on any atom is -0.404 e. The normalized spacial score (nSPS) is 11.5. The fraction of sp³-hybridized carbons (Fsp3) is 0.571. The topological polar surface area (TPSA) is 44.8 Å². The molecule has 0 radical (unpaired) electrons. The Morgan fingerprint density at radius 2 is 1.50 bits per heavy atom. The molecule has 4 nitrogen and oxygen atoms in total. The Kier molecular flexibility index (Phi) is 7.97. The van der Waals surface area contributed by atoms with Crippen molar-refractivity contribution in [3.05, 3.63) is 24.3 Å². The summed E-state index contributed by atoms with van der Waals surface area (Å²) in [6.07, 6.45) is 3.61. The molecule has 0 fully saturated rings. The highest BCUT2D eigenvalue weighted by Crippen LogP contribution is 2.49. The summed E-state index contributed by atoms with van der Waals surface area (Å²) in [6, 6.07) is 7.35. The van der Waals surface area contributed by atoms with Crippen LogP contribution in [-0.4, -0.2) is 21.1 Å². The Balaban J connectivity index is 2.64. The molecule has 0 heterocycles. The van der Waals surface area contributed by atoms with Gasteiger partial charge in [0.05, 0.1) is 13.2 Å². The van der Waals surface area contributed by atoms with Crippen molar-refractivity contribution in [3.63, 3.8) is 0 Å². The molecule has 0 aliphatic heterocycles. The zero-order chi connectivity index (χ0) is 14.8. The fourth-order valence-corrected chi connectivity index (χ4v) is 2.72. The monoisotopic (exact) mass is 298 g/mol. The highest BCUT2D eigenvalue weighted by atomic mass is 31.2. The van der Waals surface area contributed by atoms with Crippen LogP contribution in [-0.2, 0) is 13.6 Å². The molecule has 1 aromatic rings.